The van der Waals surface area contributed by atoms with E-state index in [0.717, 1.165) is 16.5 Å². The Labute approximate surface area is 178 Å². The Morgan fingerprint density at radius 3 is 2.53 bits per heavy atom. The highest BCUT2D eigenvalue weighted by molar-refractivity contribution is 6.30. The first kappa shape index (κ1) is 19.6. The van der Waals surface area contributed by atoms with E-state index in [1.54, 1.807) is 29.0 Å². The van der Waals surface area contributed by atoms with Crippen LogP contribution in [0.1, 0.15) is 29.7 Å². The summed E-state index contributed by atoms with van der Waals surface area (Å²) in [5.74, 6) is 0.434. The van der Waals surface area contributed by atoms with E-state index in [2.05, 4.69) is 21.4 Å². The van der Waals surface area contributed by atoms with Crippen molar-refractivity contribution in [1.29, 1.82) is 5.26 Å². The van der Waals surface area contributed by atoms with Crippen molar-refractivity contribution >= 4 is 28.6 Å². The van der Waals surface area contributed by atoms with Crippen molar-refractivity contribution in [2.24, 2.45) is 0 Å². The van der Waals surface area contributed by atoms with E-state index in [9.17, 15) is 4.79 Å². The van der Waals surface area contributed by atoms with Crippen LogP contribution in [-0.2, 0) is 6.54 Å². The van der Waals surface area contributed by atoms with Crippen LogP contribution < -0.4 is 10.9 Å². The zero-order valence-corrected chi connectivity index (χ0v) is 17.0. The molecule has 2 aromatic carbocycles. The third-order valence-electron chi connectivity index (χ3n) is 4.86. The van der Waals surface area contributed by atoms with Gasteiger partial charge in [0.15, 0.2) is 0 Å². The summed E-state index contributed by atoms with van der Waals surface area (Å²) in [6.07, 6.45) is 1.70. The fourth-order valence-corrected chi connectivity index (χ4v) is 3.32. The van der Waals surface area contributed by atoms with Crippen LogP contribution in [0.25, 0.3) is 11.0 Å². The monoisotopic (exact) mass is 415 g/mol. The van der Waals surface area contributed by atoms with Crippen LogP contribution in [0.4, 0.5) is 5.95 Å². The smallest absolute Gasteiger partial charge is 0.252 e. The fourth-order valence-electron chi connectivity index (χ4n) is 3.19. The highest BCUT2D eigenvalue weighted by Gasteiger charge is 2.11. The molecule has 0 fully saturated rings. The molecule has 1 N–H and O–H groups in total. The number of nitrogens with one attached hydrogen (secondary N) is 1. The maximum atomic E-state index is 12.6. The lowest BCUT2D eigenvalue weighted by Gasteiger charge is -2.15. The molecule has 0 bridgehead atoms. The van der Waals surface area contributed by atoms with Crippen LogP contribution in [0.3, 0.4) is 0 Å². The summed E-state index contributed by atoms with van der Waals surface area (Å²) >= 11 is 5.96. The molecule has 1 atom stereocenters. The molecule has 2 heterocycles. The number of anilines is 1. The van der Waals surface area contributed by atoms with E-state index in [0.29, 0.717) is 28.7 Å². The summed E-state index contributed by atoms with van der Waals surface area (Å²) in [5, 5.41) is 13.7. The van der Waals surface area contributed by atoms with Crippen molar-refractivity contribution in [3.05, 3.63) is 98.9 Å². The molecule has 2 aromatic heterocycles. The minimum Gasteiger partial charge on any atom is -0.348 e. The lowest BCUT2D eigenvalue weighted by atomic mass is 10.1. The Hall–Kier alpha value is -3.69. The van der Waals surface area contributed by atoms with E-state index in [1.807, 2.05) is 43.3 Å². The van der Waals surface area contributed by atoms with Gasteiger partial charge in [-0.1, -0.05) is 35.9 Å². The summed E-state index contributed by atoms with van der Waals surface area (Å²) in [5.41, 5.74) is 2.93. The van der Waals surface area contributed by atoms with E-state index >= 15 is 0 Å². The summed E-state index contributed by atoms with van der Waals surface area (Å²) in [6.45, 7) is 2.36. The number of rotatable bonds is 5. The number of hydrogen-bond donors (Lipinski definition) is 1. The second-order valence-corrected chi connectivity index (χ2v) is 7.39. The van der Waals surface area contributed by atoms with Crippen LogP contribution in [0.5, 0.6) is 0 Å². The van der Waals surface area contributed by atoms with Crippen LogP contribution >= 0.6 is 11.6 Å². The number of nitriles is 1. The van der Waals surface area contributed by atoms with E-state index in [4.69, 9.17) is 16.9 Å². The summed E-state index contributed by atoms with van der Waals surface area (Å²) in [4.78, 5) is 21.6. The molecule has 4 aromatic rings. The zero-order chi connectivity index (χ0) is 21.1. The molecule has 148 valence electrons. The van der Waals surface area contributed by atoms with Crippen molar-refractivity contribution in [2.45, 2.75) is 19.5 Å². The fraction of sp³-hybridized carbons (Fsp3) is 0.130. The second-order valence-electron chi connectivity index (χ2n) is 6.96. The van der Waals surface area contributed by atoms with Gasteiger partial charge >= 0.3 is 0 Å². The van der Waals surface area contributed by atoms with Gasteiger partial charge in [-0.15, -0.1) is 0 Å². The van der Waals surface area contributed by atoms with Gasteiger partial charge in [-0.05, 0) is 48.4 Å². The quantitative estimate of drug-likeness (QED) is 0.517. The number of fused-ring (bicyclic) bond motifs is 1. The van der Waals surface area contributed by atoms with Crippen LogP contribution in [-0.4, -0.2) is 14.5 Å². The van der Waals surface area contributed by atoms with Crippen LogP contribution in [0, 0.1) is 11.3 Å². The standard InChI is InChI=1S/C23H18ClN5O/c1-15(18-6-9-20(24)10-7-18)27-23-26-13-19-8-11-21(30)29(22(19)28-23)14-17-4-2-16(12-25)3-5-17/h2-11,13,15H,14H2,1H3,(H,26,27,28)/t15-/m0/s1. The maximum Gasteiger partial charge on any atom is 0.252 e. The van der Waals surface area contributed by atoms with Gasteiger partial charge in [0.2, 0.25) is 5.95 Å². The molecule has 0 aliphatic heterocycles. The van der Waals surface area contributed by atoms with Gasteiger partial charge in [0.05, 0.1) is 24.2 Å². The Kier molecular flexibility index (Phi) is 5.46. The minimum atomic E-state index is -0.151. The number of hydrogen-bond acceptors (Lipinski definition) is 5. The molecule has 0 radical (unpaired) electrons. The van der Waals surface area contributed by atoms with E-state index in [1.165, 1.54) is 6.07 Å². The molecule has 0 aliphatic carbocycles. The molecule has 4 rings (SSSR count). The lowest BCUT2D eigenvalue weighted by Crippen LogP contribution is -2.21. The Bertz CT molecular complexity index is 1290. The van der Waals surface area contributed by atoms with Crippen molar-refractivity contribution in [2.75, 3.05) is 5.32 Å². The molecule has 0 unspecified atom stereocenters. The zero-order valence-electron chi connectivity index (χ0n) is 16.2. The van der Waals surface area contributed by atoms with Gasteiger partial charge in [0, 0.05) is 22.7 Å². The van der Waals surface area contributed by atoms with Gasteiger partial charge in [0.1, 0.15) is 5.65 Å². The third-order valence-corrected chi connectivity index (χ3v) is 5.11. The molecule has 0 saturated heterocycles. The summed E-state index contributed by atoms with van der Waals surface area (Å²) in [7, 11) is 0. The van der Waals surface area contributed by atoms with Crippen molar-refractivity contribution in [3.8, 4) is 6.07 Å². The minimum absolute atomic E-state index is 0.0397. The topological polar surface area (TPSA) is 83.6 Å². The molecule has 7 heteroatoms. The Morgan fingerprint density at radius 1 is 1.10 bits per heavy atom. The molecular weight excluding hydrogens is 398 g/mol. The normalized spacial score (nSPS) is 11.8. The number of nitrogens with zero attached hydrogens (tertiary/aromatic N) is 4. The molecule has 0 saturated carbocycles. The van der Waals surface area contributed by atoms with Gasteiger partial charge < -0.3 is 5.32 Å². The SMILES string of the molecule is C[C@H](Nc1ncc2ccc(=O)n(Cc3ccc(C#N)cc3)c2n1)c1ccc(Cl)cc1. The number of benzene rings is 2. The first-order chi connectivity index (χ1) is 14.5. The first-order valence-corrected chi connectivity index (χ1v) is 9.79. The summed E-state index contributed by atoms with van der Waals surface area (Å²) in [6, 6.07) is 20.0. The number of pyridine rings is 1. The van der Waals surface area contributed by atoms with Gasteiger partial charge in [-0.25, -0.2) is 4.98 Å². The number of aromatic nitrogens is 3. The predicted molar refractivity (Wildman–Crippen MR) is 118 cm³/mol. The third kappa shape index (κ3) is 4.17. The molecule has 0 amide bonds. The van der Waals surface area contributed by atoms with Crippen molar-refractivity contribution in [1.82, 2.24) is 14.5 Å². The number of halogens is 1. The highest BCUT2D eigenvalue weighted by atomic mass is 35.5. The van der Waals surface area contributed by atoms with E-state index < -0.39 is 0 Å². The first-order valence-electron chi connectivity index (χ1n) is 9.41. The Morgan fingerprint density at radius 2 is 1.83 bits per heavy atom. The Balaban J connectivity index is 1.67. The molecule has 6 nitrogen and oxygen atoms in total. The van der Waals surface area contributed by atoms with Gasteiger partial charge in [-0.3, -0.25) is 9.36 Å². The van der Waals surface area contributed by atoms with Crippen LogP contribution in [0.15, 0.2) is 71.7 Å². The molecule has 0 aliphatic rings. The van der Waals surface area contributed by atoms with Gasteiger partial charge in [0.25, 0.3) is 5.56 Å². The maximum absolute atomic E-state index is 12.6. The largest absolute Gasteiger partial charge is 0.348 e. The molecule has 0 spiro atoms. The second kappa shape index (κ2) is 8.36. The highest BCUT2D eigenvalue weighted by Crippen LogP contribution is 2.20. The average Bonchev–Trinajstić information content (AvgIpc) is 2.76. The lowest BCUT2D eigenvalue weighted by molar-refractivity contribution is 0.778. The van der Waals surface area contributed by atoms with Crippen LogP contribution in [0.2, 0.25) is 5.02 Å². The summed E-state index contributed by atoms with van der Waals surface area (Å²) < 4.78 is 1.61. The predicted octanol–water partition coefficient (Wildman–Crippen LogP) is 4.54. The molecular formula is C23H18ClN5O. The van der Waals surface area contributed by atoms with E-state index in [-0.39, 0.29) is 11.6 Å². The average molecular weight is 416 g/mol. The van der Waals surface area contributed by atoms with Crippen molar-refractivity contribution < 1.29 is 0 Å². The molecule has 30 heavy (non-hydrogen) atoms. The van der Waals surface area contributed by atoms with Crippen molar-refractivity contribution in [3.63, 3.8) is 0 Å². The van der Waals surface area contributed by atoms with Gasteiger partial charge in [-0.2, -0.15) is 10.2 Å².